The van der Waals surface area contributed by atoms with Crippen molar-refractivity contribution in [2.75, 3.05) is 7.05 Å². The van der Waals surface area contributed by atoms with Gasteiger partial charge in [0.2, 0.25) is 0 Å². The van der Waals surface area contributed by atoms with Crippen LogP contribution in [0.1, 0.15) is 26.6 Å². The van der Waals surface area contributed by atoms with Gasteiger partial charge in [0.25, 0.3) is 5.91 Å². The average molecular weight is 453 g/mol. The molecule has 6 nitrogen and oxygen atoms in total. The maximum absolute atomic E-state index is 12.8. The Morgan fingerprint density at radius 2 is 1.90 bits per heavy atom. The van der Waals surface area contributed by atoms with Crippen LogP contribution in [0.5, 0.6) is 5.75 Å². The second-order valence-corrected chi connectivity index (χ2v) is 8.44. The number of carbonyl (C=O) groups is 1. The number of thiazole rings is 1. The summed E-state index contributed by atoms with van der Waals surface area (Å²) in [5, 5.41) is 7.56. The molecule has 0 aliphatic heterocycles. The number of rotatable bonds is 8. The van der Waals surface area contributed by atoms with Crippen LogP contribution in [0.25, 0.3) is 0 Å². The zero-order valence-corrected chi connectivity index (χ0v) is 18.5. The summed E-state index contributed by atoms with van der Waals surface area (Å²) >= 11 is 7.28. The van der Waals surface area contributed by atoms with Crippen LogP contribution in [0.3, 0.4) is 0 Å². The van der Waals surface area contributed by atoms with Crippen molar-refractivity contribution >= 4 is 28.8 Å². The van der Waals surface area contributed by atoms with Crippen LogP contribution in [-0.2, 0) is 19.7 Å². The summed E-state index contributed by atoms with van der Waals surface area (Å²) in [6.07, 6.45) is 3.75. The molecule has 0 unspecified atom stereocenters. The molecule has 1 amide bonds. The summed E-state index contributed by atoms with van der Waals surface area (Å²) in [5.41, 5.74) is 2.56. The zero-order chi connectivity index (χ0) is 21.6. The largest absolute Gasteiger partial charge is 0.486 e. The van der Waals surface area contributed by atoms with Gasteiger partial charge in [-0.25, -0.2) is 4.98 Å². The molecule has 0 radical (unpaired) electrons. The summed E-state index contributed by atoms with van der Waals surface area (Å²) in [6, 6.07) is 17.3. The number of nitrogens with zero attached hydrogens (tertiary/aromatic N) is 4. The van der Waals surface area contributed by atoms with E-state index in [0.29, 0.717) is 36.2 Å². The maximum atomic E-state index is 12.8. The highest BCUT2D eigenvalue weighted by Gasteiger charge is 2.17. The SMILES string of the molecule is CN(Cc1cnn(Cc2ccccc2)c1)C(=O)c1csc(COc2ccc(Cl)cc2)n1. The van der Waals surface area contributed by atoms with Gasteiger partial charge in [0.1, 0.15) is 23.1 Å². The number of benzene rings is 2. The van der Waals surface area contributed by atoms with Crippen molar-refractivity contribution in [1.82, 2.24) is 19.7 Å². The molecule has 4 aromatic rings. The molecule has 4 rings (SSSR count). The molecule has 0 N–H and O–H groups in total. The number of aromatic nitrogens is 3. The van der Waals surface area contributed by atoms with E-state index in [9.17, 15) is 4.79 Å². The van der Waals surface area contributed by atoms with Gasteiger partial charge in [0.05, 0.1) is 12.7 Å². The Morgan fingerprint density at radius 1 is 1.13 bits per heavy atom. The summed E-state index contributed by atoms with van der Waals surface area (Å²) < 4.78 is 7.57. The van der Waals surface area contributed by atoms with Gasteiger partial charge in [0, 0.05) is 35.8 Å². The Morgan fingerprint density at radius 3 is 2.68 bits per heavy atom. The molecule has 0 saturated heterocycles. The van der Waals surface area contributed by atoms with E-state index in [1.165, 1.54) is 16.9 Å². The second-order valence-electron chi connectivity index (χ2n) is 7.06. The van der Waals surface area contributed by atoms with Crippen molar-refractivity contribution in [2.24, 2.45) is 0 Å². The van der Waals surface area contributed by atoms with E-state index >= 15 is 0 Å². The van der Waals surface area contributed by atoms with Crippen molar-refractivity contribution in [1.29, 1.82) is 0 Å². The van der Waals surface area contributed by atoms with E-state index in [2.05, 4.69) is 22.2 Å². The van der Waals surface area contributed by atoms with Gasteiger partial charge in [-0.2, -0.15) is 5.10 Å². The molecule has 2 heterocycles. The van der Waals surface area contributed by atoms with Gasteiger partial charge in [-0.05, 0) is 29.8 Å². The Kier molecular flexibility index (Phi) is 6.64. The minimum absolute atomic E-state index is 0.134. The summed E-state index contributed by atoms with van der Waals surface area (Å²) in [5.74, 6) is 0.571. The molecule has 0 atom stereocenters. The van der Waals surface area contributed by atoms with E-state index < -0.39 is 0 Å². The molecule has 0 aliphatic rings. The molecule has 0 aliphatic carbocycles. The van der Waals surface area contributed by atoms with Crippen LogP contribution in [0, 0.1) is 0 Å². The lowest BCUT2D eigenvalue weighted by atomic mass is 10.2. The number of hydrogen-bond donors (Lipinski definition) is 0. The van der Waals surface area contributed by atoms with Crippen LogP contribution in [0.15, 0.2) is 72.4 Å². The molecule has 31 heavy (non-hydrogen) atoms. The van der Waals surface area contributed by atoms with Crippen molar-refractivity contribution in [3.8, 4) is 5.75 Å². The third kappa shape index (κ3) is 5.71. The first-order valence-electron chi connectivity index (χ1n) is 9.70. The van der Waals surface area contributed by atoms with E-state index in [0.717, 1.165) is 10.6 Å². The van der Waals surface area contributed by atoms with Crippen molar-refractivity contribution < 1.29 is 9.53 Å². The summed E-state index contributed by atoms with van der Waals surface area (Å²) in [7, 11) is 1.76. The van der Waals surface area contributed by atoms with E-state index in [1.54, 1.807) is 47.8 Å². The predicted molar refractivity (Wildman–Crippen MR) is 121 cm³/mol. The van der Waals surface area contributed by atoms with Gasteiger partial charge >= 0.3 is 0 Å². The lowest BCUT2D eigenvalue weighted by Gasteiger charge is -2.14. The third-order valence-electron chi connectivity index (χ3n) is 4.59. The summed E-state index contributed by atoms with van der Waals surface area (Å²) in [4.78, 5) is 18.8. The number of ether oxygens (including phenoxy) is 1. The minimum Gasteiger partial charge on any atom is -0.486 e. The average Bonchev–Trinajstić information content (AvgIpc) is 3.43. The Labute approximate surface area is 189 Å². The first kappa shape index (κ1) is 21.1. The number of amides is 1. The van der Waals surface area contributed by atoms with Crippen LogP contribution in [-0.4, -0.2) is 32.6 Å². The lowest BCUT2D eigenvalue weighted by Crippen LogP contribution is -2.26. The Bertz CT molecular complexity index is 1140. The zero-order valence-electron chi connectivity index (χ0n) is 16.9. The van der Waals surface area contributed by atoms with Gasteiger partial charge in [-0.15, -0.1) is 11.3 Å². The molecule has 2 aromatic heterocycles. The highest BCUT2D eigenvalue weighted by molar-refractivity contribution is 7.09. The second kappa shape index (κ2) is 9.76. The lowest BCUT2D eigenvalue weighted by molar-refractivity contribution is 0.0779. The highest BCUT2D eigenvalue weighted by Crippen LogP contribution is 2.19. The molecule has 2 aromatic carbocycles. The minimum atomic E-state index is -0.134. The smallest absolute Gasteiger partial charge is 0.273 e. The van der Waals surface area contributed by atoms with Crippen LogP contribution in [0.2, 0.25) is 5.02 Å². The van der Waals surface area contributed by atoms with Crippen molar-refractivity contribution in [2.45, 2.75) is 19.7 Å². The molecule has 0 spiro atoms. The number of halogens is 1. The topological polar surface area (TPSA) is 60.2 Å². The predicted octanol–water partition coefficient (Wildman–Crippen LogP) is 4.89. The van der Waals surface area contributed by atoms with Crippen molar-refractivity contribution in [3.05, 3.63) is 99.2 Å². The fourth-order valence-corrected chi connectivity index (χ4v) is 3.84. The fraction of sp³-hybridized carbons (Fsp3) is 0.174. The quantitative estimate of drug-likeness (QED) is 0.382. The summed E-state index contributed by atoms with van der Waals surface area (Å²) in [6.45, 7) is 1.46. The molecule has 0 fully saturated rings. The Hall–Kier alpha value is -3.16. The molecule has 8 heteroatoms. The van der Waals surface area contributed by atoms with Crippen LogP contribution < -0.4 is 4.74 Å². The van der Waals surface area contributed by atoms with Gasteiger partial charge in [0.15, 0.2) is 0 Å². The normalized spacial score (nSPS) is 10.8. The molecule has 0 saturated carbocycles. The fourth-order valence-electron chi connectivity index (χ4n) is 3.04. The van der Waals surface area contributed by atoms with Gasteiger partial charge in [-0.1, -0.05) is 41.9 Å². The molecular weight excluding hydrogens is 432 g/mol. The van der Waals surface area contributed by atoms with Gasteiger partial charge in [-0.3, -0.25) is 9.48 Å². The van der Waals surface area contributed by atoms with Crippen LogP contribution in [0.4, 0.5) is 0 Å². The van der Waals surface area contributed by atoms with Gasteiger partial charge < -0.3 is 9.64 Å². The standard InChI is InChI=1S/C23H21ClN4O2S/c1-27(12-18-11-25-28(14-18)13-17-5-3-2-4-6-17)23(29)21-16-31-22(26-21)15-30-20-9-7-19(24)8-10-20/h2-11,14,16H,12-13,15H2,1H3. The highest BCUT2D eigenvalue weighted by atomic mass is 35.5. The monoisotopic (exact) mass is 452 g/mol. The first-order chi connectivity index (χ1) is 15.1. The molecule has 158 valence electrons. The van der Waals surface area contributed by atoms with Crippen molar-refractivity contribution in [3.63, 3.8) is 0 Å². The number of hydrogen-bond acceptors (Lipinski definition) is 5. The maximum Gasteiger partial charge on any atom is 0.273 e. The molecule has 0 bridgehead atoms. The van der Waals surface area contributed by atoms with E-state index in [1.807, 2.05) is 29.1 Å². The van der Waals surface area contributed by atoms with E-state index in [-0.39, 0.29) is 5.91 Å². The Balaban J connectivity index is 1.31. The number of carbonyl (C=O) groups excluding carboxylic acids is 1. The molecular formula is C23H21ClN4O2S. The third-order valence-corrected chi connectivity index (χ3v) is 5.66. The van der Waals surface area contributed by atoms with Crippen LogP contribution >= 0.6 is 22.9 Å². The van der Waals surface area contributed by atoms with E-state index in [4.69, 9.17) is 16.3 Å². The first-order valence-corrected chi connectivity index (χ1v) is 11.0.